The summed E-state index contributed by atoms with van der Waals surface area (Å²) in [6.45, 7) is 1.18. The average Bonchev–Trinajstić information content (AvgIpc) is 2.20. The van der Waals surface area contributed by atoms with E-state index in [0.717, 1.165) is 19.2 Å². The zero-order valence-electron chi connectivity index (χ0n) is 8.76. The van der Waals surface area contributed by atoms with Gasteiger partial charge in [0.05, 0.1) is 17.1 Å². The molecule has 1 aliphatic rings. The van der Waals surface area contributed by atoms with Gasteiger partial charge in [0.15, 0.2) is 5.69 Å². The minimum Gasteiger partial charge on any atom is -0.618 e. The molecular formula is C9H10BrN3O4. The van der Waals surface area contributed by atoms with Crippen molar-refractivity contribution in [1.29, 1.82) is 0 Å². The lowest BCUT2D eigenvalue weighted by Gasteiger charge is -2.26. The molecule has 8 heteroatoms. The molecule has 0 bridgehead atoms. The largest absolute Gasteiger partial charge is 0.618 e. The molecule has 0 spiro atoms. The van der Waals surface area contributed by atoms with Gasteiger partial charge < -0.3 is 15.3 Å². The number of halogens is 1. The summed E-state index contributed by atoms with van der Waals surface area (Å²) in [5.41, 5.74) is 0.0620. The number of ether oxygens (including phenoxy) is 1. The molecule has 1 saturated heterocycles. The Morgan fingerprint density at radius 3 is 2.94 bits per heavy atom. The maximum absolute atomic E-state index is 11.3. The van der Waals surface area contributed by atoms with Gasteiger partial charge in [-0.2, -0.15) is 4.73 Å². The van der Waals surface area contributed by atoms with Gasteiger partial charge in [-0.1, -0.05) is 0 Å². The number of aromatic nitrogens is 1. The van der Waals surface area contributed by atoms with Crippen LogP contribution in [0, 0.1) is 15.3 Å². The molecule has 1 aliphatic heterocycles. The third kappa shape index (κ3) is 2.64. The fourth-order valence-corrected chi connectivity index (χ4v) is 1.78. The molecule has 0 aliphatic carbocycles. The lowest BCUT2D eigenvalue weighted by molar-refractivity contribution is -0.617. The van der Waals surface area contributed by atoms with E-state index in [1.165, 1.54) is 6.07 Å². The van der Waals surface area contributed by atoms with Crippen LogP contribution in [0.2, 0.25) is 0 Å². The van der Waals surface area contributed by atoms with Crippen LogP contribution in [0.1, 0.15) is 6.42 Å². The summed E-state index contributed by atoms with van der Waals surface area (Å²) in [7, 11) is 0. The van der Waals surface area contributed by atoms with E-state index in [1.807, 2.05) is 0 Å². The van der Waals surface area contributed by atoms with Crippen molar-refractivity contribution in [3.05, 3.63) is 32.2 Å². The van der Waals surface area contributed by atoms with Crippen LogP contribution in [0.15, 0.2) is 16.9 Å². The summed E-state index contributed by atoms with van der Waals surface area (Å²) in [5.74, 6) is 0. The SMILES string of the molecule is O=[N+]([O-])c1cc(Br)[n+]([O-])cc1NCC1CCO1. The fraction of sp³-hybridized carbons (Fsp3) is 0.444. The predicted octanol–water partition coefficient (Wildman–Crippen LogP) is 1.19. The maximum atomic E-state index is 11.3. The van der Waals surface area contributed by atoms with Crippen LogP contribution in [0.3, 0.4) is 0 Å². The van der Waals surface area contributed by atoms with E-state index in [0.29, 0.717) is 11.3 Å². The highest BCUT2D eigenvalue weighted by Gasteiger charge is 2.23. The Kier molecular flexibility index (Phi) is 3.43. The molecule has 0 saturated carbocycles. The molecule has 0 amide bonds. The second-order valence-electron chi connectivity index (χ2n) is 3.64. The summed E-state index contributed by atoms with van der Waals surface area (Å²) in [6, 6.07) is 1.18. The molecule has 1 aromatic heterocycles. The molecular weight excluding hydrogens is 294 g/mol. The lowest BCUT2D eigenvalue weighted by atomic mass is 10.2. The normalized spacial score (nSPS) is 18.5. The van der Waals surface area contributed by atoms with Crippen LogP contribution in [0.4, 0.5) is 11.4 Å². The van der Waals surface area contributed by atoms with E-state index in [1.54, 1.807) is 0 Å². The number of nitro groups is 1. The van der Waals surface area contributed by atoms with Crippen molar-refractivity contribution in [2.45, 2.75) is 12.5 Å². The highest BCUT2D eigenvalue weighted by atomic mass is 79.9. The minimum atomic E-state index is -0.533. The molecule has 1 fully saturated rings. The van der Waals surface area contributed by atoms with E-state index in [4.69, 9.17) is 4.74 Å². The van der Waals surface area contributed by atoms with E-state index in [-0.39, 0.29) is 22.1 Å². The van der Waals surface area contributed by atoms with Gasteiger partial charge in [0.2, 0.25) is 6.20 Å². The van der Waals surface area contributed by atoms with Crippen molar-refractivity contribution in [3.8, 4) is 0 Å². The molecule has 1 atom stereocenters. The zero-order chi connectivity index (χ0) is 12.4. The van der Waals surface area contributed by atoms with Crippen molar-refractivity contribution in [2.24, 2.45) is 0 Å². The quantitative estimate of drug-likeness (QED) is 0.297. The van der Waals surface area contributed by atoms with Gasteiger partial charge in [-0.3, -0.25) is 10.1 Å². The van der Waals surface area contributed by atoms with Gasteiger partial charge >= 0.3 is 5.69 Å². The summed E-state index contributed by atoms with van der Waals surface area (Å²) in [5, 5.41) is 25.0. The Morgan fingerprint density at radius 1 is 1.71 bits per heavy atom. The number of hydrogen-bond acceptors (Lipinski definition) is 5. The molecule has 2 heterocycles. The van der Waals surface area contributed by atoms with Crippen LogP contribution in [0.25, 0.3) is 0 Å². The molecule has 7 nitrogen and oxygen atoms in total. The van der Waals surface area contributed by atoms with E-state index < -0.39 is 4.92 Å². The summed E-state index contributed by atoms with van der Waals surface area (Å²) < 4.78 is 5.81. The summed E-state index contributed by atoms with van der Waals surface area (Å²) in [4.78, 5) is 10.3. The van der Waals surface area contributed by atoms with E-state index in [9.17, 15) is 15.3 Å². The average molecular weight is 304 g/mol. The molecule has 1 aromatic rings. The minimum absolute atomic E-state index is 0.0679. The number of pyridine rings is 1. The third-order valence-corrected chi connectivity index (χ3v) is 3.08. The maximum Gasteiger partial charge on any atom is 0.305 e. The first-order chi connectivity index (χ1) is 8.08. The van der Waals surface area contributed by atoms with E-state index >= 15 is 0 Å². The van der Waals surface area contributed by atoms with Gasteiger partial charge in [-0.25, -0.2) is 0 Å². The van der Waals surface area contributed by atoms with Crippen molar-refractivity contribution >= 4 is 27.3 Å². The van der Waals surface area contributed by atoms with Crippen molar-refractivity contribution in [3.63, 3.8) is 0 Å². The first-order valence-corrected chi connectivity index (χ1v) is 5.80. The first kappa shape index (κ1) is 12.1. The number of anilines is 1. The highest BCUT2D eigenvalue weighted by molar-refractivity contribution is 9.10. The molecule has 1 N–H and O–H groups in total. The number of hydrogen-bond donors (Lipinski definition) is 1. The molecule has 17 heavy (non-hydrogen) atoms. The van der Waals surface area contributed by atoms with E-state index in [2.05, 4.69) is 21.2 Å². The fourth-order valence-electron chi connectivity index (χ4n) is 1.46. The second-order valence-corrected chi connectivity index (χ2v) is 4.45. The smallest absolute Gasteiger partial charge is 0.305 e. The molecule has 0 aromatic carbocycles. The van der Waals surface area contributed by atoms with Crippen LogP contribution in [-0.4, -0.2) is 24.2 Å². The molecule has 1 unspecified atom stereocenters. The molecule has 2 rings (SSSR count). The topological polar surface area (TPSA) is 91.3 Å². The van der Waals surface area contributed by atoms with Crippen molar-refractivity contribution in [1.82, 2.24) is 0 Å². The Labute approximate surface area is 105 Å². The van der Waals surface area contributed by atoms with Gasteiger partial charge in [0.25, 0.3) is 4.60 Å². The standard InChI is InChI=1S/C9H10BrN3O4/c10-9-3-8(13(15)16)7(5-12(9)14)11-4-6-1-2-17-6/h3,5-6,11H,1-2,4H2. The van der Waals surface area contributed by atoms with Crippen LogP contribution < -0.4 is 10.0 Å². The summed E-state index contributed by atoms with van der Waals surface area (Å²) >= 11 is 2.95. The Hall–Kier alpha value is -1.41. The van der Waals surface area contributed by atoms with Gasteiger partial charge in [0.1, 0.15) is 0 Å². The van der Waals surface area contributed by atoms with Crippen molar-refractivity contribution in [2.75, 3.05) is 18.5 Å². The van der Waals surface area contributed by atoms with Crippen molar-refractivity contribution < 1.29 is 14.4 Å². The second kappa shape index (κ2) is 4.84. The third-order valence-electron chi connectivity index (χ3n) is 2.50. The number of nitrogens with zero attached hydrogens (tertiary/aromatic N) is 2. The summed E-state index contributed by atoms with van der Waals surface area (Å²) in [6.07, 6.45) is 2.13. The van der Waals surface area contributed by atoms with Gasteiger partial charge in [-0.15, -0.1) is 0 Å². The highest BCUT2D eigenvalue weighted by Crippen LogP contribution is 2.25. The zero-order valence-corrected chi connectivity index (χ0v) is 10.3. The van der Waals surface area contributed by atoms with Crippen LogP contribution in [-0.2, 0) is 4.74 Å². The van der Waals surface area contributed by atoms with Gasteiger partial charge in [0, 0.05) is 29.1 Å². The Morgan fingerprint density at radius 2 is 2.41 bits per heavy atom. The molecule has 0 radical (unpaired) electrons. The predicted molar refractivity (Wildman–Crippen MR) is 62.6 cm³/mol. The number of rotatable bonds is 4. The van der Waals surface area contributed by atoms with Gasteiger partial charge in [-0.05, 0) is 6.42 Å². The molecule has 92 valence electrons. The number of nitrogens with one attached hydrogen (secondary N) is 1. The monoisotopic (exact) mass is 303 g/mol. The lowest BCUT2D eigenvalue weighted by Crippen LogP contribution is -2.34. The Bertz CT molecular complexity index is 450. The Balaban J connectivity index is 2.17. The van der Waals surface area contributed by atoms with Crippen LogP contribution >= 0.6 is 15.9 Å². The van der Waals surface area contributed by atoms with Crippen LogP contribution in [0.5, 0.6) is 0 Å². The first-order valence-electron chi connectivity index (χ1n) is 5.00.